The number of aliphatic hydroxyl groups excluding tert-OH is 1. The van der Waals surface area contributed by atoms with Crippen molar-refractivity contribution in [2.75, 3.05) is 6.54 Å². The Balaban J connectivity index is 1.57. The maximum Gasteiger partial charge on any atom is 0.237 e. The van der Waals surface area contributed by atoms with Crippen molar-refractivity contribution in [3.8, 4) is 0 Å². The van der Waals surface area contributed by atoms with Crippen molar-refractivity contribution in [1.82, 2.24) is 10.3 Å². The van der Waals surface area contributed by atoms with E-state index in [1.807, 2.05) is 30.5 Å². The second-order valence-electron chi connectivity index (χ2n) is 6.17. The highest BCUT2D eigenvalue weighted by molar-refractivity contribution is 5.86. The topological polar surface area (TPSA) is 91.1 Å². The first-order chi connectivity index (χ1) is 10.6. The van der Waals surface area contributed by atoms with Crippen molar-refractivity contribution in [2.24, 2.45) is 11.7 Å². The summed E-state index contributed by atoms with van der Waals surface area (Å²) in [5, 5.41) is 13.8. The number of benzene rings is 1. The molecule has 2 aromatic rings. The van der Waals surface area contributed by atoms with Gasteiger partial charge in [-0.2, -0.15) is 0 Å². The van der Waals surface area contributed by atoms with Gasteiger partial charge in [0.05, 0.1) is 12.1 Å². The molecule has 1 aromatic carbocycles. The number of rotatable bonds is 5. The van der Waals surface area contributed by atoms with Gasteiger partial charge in [0, 0.05) is 29.6 Å². The Morgan fingerprint density at radius 2 is 2.23 bits per heavy atom. The Morgan fingerprint density at radius 1 is 1.41 bits per heavy atom. The normalized spacial score (nSPS) is 22.8. The Kier molecular flexibility index (Phi) is 4.45. The fraction of sp³-hybridized carbons (Fsp3) is 0.471. The second-order valence-corrected chi connectivity index (χ2v) is 6.17. The fourth-order valence-corrected chi connectivity index (χ4v) is 3.25. The molecule has 1 saturated carbocycles. The largest absolute Gasteiger partial charge is 0.393 e. The molecule has 1 fully saturated rings. The van der Waals surface area contributed by atoms with Crippen LogP contribution in [0.3, 0.4) is 0 Å². The number of carbonyl (C=O) groups excluding carboxylic acids is 1. The van der Waals surface area contributed by atoms with Crippen molar-refractivity contribution in [3.05, 3.63) is 36.0 Å². The van der Waals surface area contributed by atoms with Gasteiger partial charge < -0.3 is 21.1 Å². The zero-order chi connectivity index (χ0) is 15.5. The van der Waals surface area contributed by atoms with E-state index in [1.165, 1.54) is 0 Å². The van der Waals surface area contributed by atoms with Gasteiger partial charge in [-0.25, -0.2) is 0 Å². The molecule has 0 spiro atoms. The lowest BCUT2D eigenvalue weighted by Crippen LogP contribution is -2.44. The molecule has 5 heteroatoms. The van der Waals surface area contributed by atoms with Crippen LogP contribution in [0.25, 0.3) is 10.9 Å². The average molecular weight is 301 g/mol. The minimum atomic E-state index is -0.572. The van der Waals surface area contributed by atoms with Gasteiger partial charge in [0.25, 0.3) is 0 Å². The van der Waals surface area contributed by atoms with Crippen LogP contribution in [-0.4, -0.2) is 34.7 Å². The molecule has 0 radical (unpaired) electrons. The Bertz CT molecular complexity index is 652. The highest BCUT2D eigenvalue weighted by Crippen LogP contribution is 2.24. The predicted octanol–water partition coefficient (Wildman–Crippen LogP) is 1.31. The molecule has 1 aliphatic rings. The summed E-state index contributed by atoms with van der Waals surface area (Å²) < 4.78 is 0. The number of para-hydroxylation sites is 1. The van der Waals surface area contributed by atoms with E-state index >= 15 is 0 Å². The maximum atomic E-state index is 12.1. The molecule has 118 valence electrons. The van der Waals surface area contributed by atoms with Gasteiger partial charge >= 0.3 is 0 Å². The molecular formula is C17H23N3O2. The fourth-order valence-electron chi connectivity index (χ4n) is 3.25. The van der Waals surface area contributed by atoms with Crippen LogP contribution in [0, 0.1) is 5.92 Å². The molecule has 3 rings (SSSR count). The SMILES string of the molecule is N[C@@H](Cc1c[nH]c2ccccc12)C(=O)NCC1CCCC1O. The molecule has 1 heterocycles. The number of aromatic nitrogens is 1. The van der Waals surface area contributed by atoms with E-state index in [4.69, 9.17) is 5.73 Å². The number of hydrogen-bond acceptors (Lipinski definition) is 3. The minimum absolute atomic E-state index is 0.149. The maximum absolute atomic E-state index is 12.1. The number of hydrogen-bond donors (Lipinski definition) is 4. The minimum Gasteiger partial charge on any atom is -0.393 e. The van der Waals surface area contributed by atoms with Crippen LogP contribution in [0.2, 0.25) is 0 Å². The predicted molar refractivity (Wildman–Crippen MR) is 86.3 cm³/mol. The van der Waals surface area contributed by atoms with Gasteiger partial charge in [-0.15, -0.1) is 0 Å². The smallest absolute Gasteiger partial charge is 0.237 e. The molecule has 0 saturated heterocycles. The van der Waals surface area contributed by atoms with E-state index in [9.17, 15) is 9.90 Å². The lowest BCUT2D eigenvalue weighted by molar-refractivity contribution is -0.122. The van der Waals surface area contributed by atoms with Gasteiger partial charge in [-0.3, -0.25) is 4.79 Å². The van der Waals surface area contributed by atoms with Crippen molar-refractivity contribution in [2.45, 2.75) is 37.8 Å². The zero-order valence-corrected chi connectivity index (χ0v) is 12.6. The van der Waals surface area contributed by atoms with Crippen LogP contribution < -0.4 is 11.1 Å². The van der Waals surface area contributed by atoms with Gasteiger partial charge in [0.2, 0.25) is 5.91 Å². The number of fused-ring (bicyclic) bond motifs is 1. The van der Waals surface area contributed by atoms with Gasteiger partial charge in [0.15, 0.2) is 0 Å². The first-order valence-corrected chi connectivity index (χ1v) is 7.91. The summed E-state index contributed by atoms with van der Waals surface area (Å²) in [6, 6.07) is 7.42. The van der Waals surface area contributed by atoms with Crippen LogP contribution in [0.1, 0.15) is 24.8 Å². The summed E-state index contributed by atoms with van der Waals surface area (Å²) in [4.78, 5) is 15.3. The molecule has 22 heavy (non-hydrogen) atoms. The number of aromatic amines is 1. The molecule has 5 nitrogen and oxygen atoms in total. The highest BCUT2D eigenvalue weighted by atomic mass is 16.3. The number of nitrogens with two attached hydrogens (primary N) is 1. The lowest BCUT2D eigenvalue weighted by Gasteiger charge is -2.17. The first-order valence-electron chi connectivity index (χ1n) is 7.91. The van der Waals surface area contributed by atoms with Gasteiger partial charge in [-0.1, -0.05) is 24.6 Å². The molecule has 0 aliphatic heterocycles. The second kappa shape index (κ2) is 6.50. The van der Waals surface area contributed by atoms with E-state index in [2.05, 4.69) is 10.3 Å². The van der Waals surface area contributed by atoms with E-state index in [0.717, 1.165) is 35.7 Å². The van der Waals surface area contributed by atoms with Crippen molar-refractivity contribution < 1.29 is 9.90 Å². The van der Waals surface area contributed by atoms with Crippen LogP contribution in [0.5, 0.6) is 0 Å². The molecule has 1 aliphatic carbocycles. The van der Waals surface area contributed by atoms with Crippen molar-refractivity contribution in [1.29, 1.82) is 0 Å². The summed E-state index contributed by atoms with van der Waals surface area (Å²) in [6.07, 6.45) is 4.97. The quantitative estimate of drug-likeness (QED) is 0.671. The number of amides is 1. The zero-order valence-electron chi connectivity index (χ0n) is 12.6. The van der Waals surface area contributed by atoms with E-state index in [-0.39, 0.29) is 17.9 Å². The average Bonchev–Trinajstić information content (AvgIpc) is 3.12. The third-order valence-electron chi connectivity index (χ3n) is 4.61. The summed E-state index contributed by atoms with van der Waals surface area (Å²) in [6.45, 7) is 0.515. The van der Waals surface area contributed by atoms with Crippen LogP contribution in [0.4, 0.5) is 0 Å². The standard InChI is InChI=1S/C17H23N3O2/c18-14(17(22)20-9-11-4-3-7-16(11)21)8-12-10-19-15-6-2-1-5-13(12)15/h1-2,5-6,10-11,14,16,19,21H,3-4,7-9,18H2,(H,20,22)/t11?,14-,16?/m0/s1. The van der Waals surface area contributed by atoms with Gasteiger partial charge in [-0.05, 0) is 30.9 Å². The number of aliphatic hydroxyl groups is 1. The summed E-state index contributed by atoms with van der Waals surface area (Å²) in [5.41, 5.74) is 8.14. The number of carbonyl (C=O) groups is 1. The Hall–Kier alpha value is -1.85. The Labute approximate surface area is 129 Å². The van der Waals surface area contributed by atoms with Crippen LogP contribution in [0.15, 0.2) is 30.5 Å². The molecule has 2 unspecified atom stereocenters. The van der Waals surface area contributed by atoms with Crippen LogP contribution in [-0.2, 0) is 11.2 Å². The van der Waals surface area contributed by atoms with Crippen LogP contribution >= 0.6 is 0 Å². The number of H-pyrrole nitrogens is 1. The molecule has 5 N–H and O–H groups in total. The van der Waals surface area contributed by atoms with Crippen molar-refractivity contribution in [3.63, 3.8) is 0 Å². The highest BCUT2D eigenvalue weighted by Gasteiger charge is 2.26. The van der Waals surface area contributed by atoms with E-state index in [0.29, 0.717) is 13.0 Å². The molecular weight excluding hydrogens is 278 g/mol. The van der Waals surface area contributed by atoms with E-state index < -0.39 is 6.04 Å². The van der Waals surface area contributed by atoms with Crippen molar-refractivity contribution >= 4 is 16.8 Å². The molecule has 3 atom stereocenters. The third-order valence-corrected chi connectivity index (χ3v) is 4.61. The summed E-state index contributed by atoms with van der Waals surface area (Å²) in [7, 11) is 0. The lowest BCUT2D eigenvalue weighted by atomic mass is 10.0. The monoisotopic (exact) mass is 301 g/mol. The third kappa shape index (κ3) is 3.15. The molecule has 1 amide bonds. The molecule has 1 aromatic heterocycles. The van der Waals surface area contributed by atoms with Gasteiger partial charge in [0.1, 0.15) is 0 Å². The van der Waals surface area contributed by atoms with E-state index in [1.54, 1.807) is 0 Å². The molecule has 0 bridgehead atoms. The Morgan fingerprint density at radius 3 is 3.00 bits per heavy atom. The number of nitrogens with one attached hydrogen (secondary N) is 2. The first kappa shape index (κ1) is 15.1. The summed E-state index contributed by atoms with van der Waals surface area (Å²) in [5.74, 6) is 0.0219. The summed E-state index contributed by atoms with van der Waals surface area (Å²) >= 11 is 0.